The molecule has 0 bridgehead atoms. The normalized spacial score (nSPS) is 12.2. The third-order valence-corrected chi connectivity index (χ3v) is 16.5. The van der Waals surface area contributed by atoms with Gasteiger partial charge in [0.15, 0.2) is 0 Å². The lowest BCUT2D eigenvalue weighted by Crippen LogP contribution is -2.11. The molecule has 0 aliphatic rings. The van der Waals surface area contributed by atoms with Gasteiger partial charge in [0.25, 0.3) is 0 Å². The van der Waals surface area contributed by atoms with Gasteiger partial charge in [0.1, 0.15) is 33.5 Å². The smallest absolute Gasteiger partial charge is 0.137 e. The van der Waals surface area contributed by atoms with Gasteiger partial charge >= 0.3 is 0 Å². The minimum absolute atomic E-state index is 0.811. The van der Waals surface area contributed by atoms with E-state index in [1.54, 1.807) is 0 Å². The molecule has 0 aliphatic heterocycles. The standard InChI is InChI=1S/C62H38N2O3S2/c1-35-13-3-7-19-49(35)63(51-21-11-17-43-41-15-5-9-23-59(41)68-61(43)51)37-25-27-39-45-31-57-47(33-55(45)65-53(39)29-37)48-34-56-46(32-58(48)67-57)40-28-26-38(30-54(40)66-56)64(50-20-8-4-14-36(50)2)52-22-12-18-44-42-16-6-10-24-60(42)69-62(44)52/h3-34H,1-2H3. The zero-order valence-corrected chi connectivity index (χ0v) is 39.0. The van der Waals surface area contributed by atoms with Crippen LogP contribution in [0.5, 0.6) is 0 Å². The van der Waals surface area contributed by atoms with Crippen LogP contribution < -0.4 is 9.80 Å². The van der Waals surface area contributed by atoms with Gasteiger partial charge in [-0.15, -0.1) is 22.7 Å². The molecule has 0 amide bonds. The Morgan fingerprint density at radius 1 is 0.290 bits per heavy atom. The van der Waals surface area contributed by atoms with Crippen molar-refractivity contribution in [1.29, 1.82) is 0 Å². The van der Waals surface area contributed by atoms with Gasteiger partial charge in [0.2, 0.25) is 0 Å². The van der Waals surface area contributed by atoms with Gasteiger partial charge in [-0.05, 0) is 110 Å². The summed E-state index contributed by atoms with van der Waals surface area (Å²) in [6, 6.07) is 69.6. The molecule has 69 heavy (non-hydrogen) atoms. The molecule has 5 heterocycles. The van der Waals surface area contributed by atoms with E-state index in [2.05, 4.69) is 218 Å². The predicted molar refractivity (Wildman–Crippen MR) is 293 cm³/mol. The molecule has 0 atom stereocenters. The van der Waals surface area contributed by atoms with Crippen LogP contribution in [0.1, 0.15) is 11.1 Å². The molecule has 10 aromatic carbocycles. The van der Waals surface area contributed by atoms with Crippen LogP contribution in [-0.4, -0.2) is 0 Å². The summed E-state index contributed by atoms with van der Waals surface area (Å²) < 4.78 is 25.4. The third kappa shape index (κ3) is 5.75. The number of hydrogen-bond acceptors (Lipinski definition) is 7. The maximum Gasteiger partial charge on any atom is 0.137 e. The maximum atomic E-state index is 6.81. The van der Waals surface area contributed by atoms with E-state index in [1.165, 1.54) is 51.5 Å². The molecule has 0 fully saturated rings. The fraction of sp³-hybridized carbons (Fsp3) is 0.0323. The second-order valence-corrected chi connectivity index (χ2v) is 20.2. The maximum absolute atomic E-state index is 6.81. The van der Waals surface area contributed by atoms with Crippen molar-refractivity contribution in [3.63, 3.8) is 0 Å². The molecule has 0 spiro atoms. The average molecular weight is 923 g/mol. The van der Waals surface area contributed by atoms with Gasteiger partial charge in [0.05, 0.1) is 20.8 Å². The van der Waals surface area contributed by atoms with Crippen LogP contribution in [-0.2, 0) is 0 Å². The van der Waals surface area contributed by atoms with E-state index in [1.807, 2.05) is 22.7 Å². The van der Waals surface area contributed by atoms with Crippen LogP contribution in [0.15, 0.2) is 207 Å². The summed E-state index contributed by atoms with van der Waals surface area (Å²) in [6.45, 7) is 4.36. The van der Waals surface area contributed by atoms with Crippen LogP contribution in [0, 0.1) is 13.8 Å². The van der Waals surface area contributed by atoms with E-state index in [-0.39, 0.29) is 0 Å². The van der Waals surface area contributed by atoms with Crippen LogP contribution in [0.2, 0.25) is 0 Å². The van der Waals surface area contributed by atoms with Crippen molar-refractivity contribution in [3.05, 3.63) is 205 Å². The predicted octanol–water partition coefficient (Wildman–Crippen LogP) is 19.7. The van der Waals surface area contributed by atoms with Gasteiger partial charge in [0, 0.05) is 98.1 Å². The van der Waals surface area contributed by atoms with E-state index in [0.717, 1.165) is 99.9 Å². The van der Waals surface area contributed by atoms with E-state index in [9.17, 15) is 0 Å². The van der Waals surface area contributed by atoms with Gasteiger partial charge in [-0.1, -0.05) is 97.1 Å². The second kappa shape index (κ2) is 14.6. The van der Waals surface area contributed by atoms with E-state index in [4.69, 9.17) is 13.3 Å². The number of anilines is 6. The summed E-state index contributed by atoms with van der Waals surface area (Å²) >= 11 is 3.68. The molecule has 15 rings (SSSR count). The molecule has 326 valence electrons. The highest BCUT2D eigenvalue weighted by Gasteiger charge is 2.24. The van der Waals surface area contributed by atoms with E-state index in [0.29, 0.717) is 0 Å². The molecule has 5 aromatic heterocycles. The topological polar surface area (TPSA) is 45.9 Å². The van der Waals surface area contributed by atoms with Crippen molar-refractivity contribution in [1.82, 2.24) is 0 Å². The fourth-order valence-corrected chi connectivity index (χ4v) is 13.2. The van der Waals surface area contributed by atoms with Crippen molar-refractivity contribution in [2.24, 2.45) is 0 Å². The molecular weight excluding hydrogens is 885 g/mol. The molecular formula is C62H38N2O3S2. The Balaban J connectivity index is 0.852. The Hall–Kier alpha value is -8.36. The summed E-state index contributed by atoms with van der Waals surface area (Å²) in [6.07, 6.45) is 0. The highest BCUT2D eigenvalue weighted by Crippen LogP contribution is 2.49. The van der Waals surface area contributed by atoms with E-state index < -0.39 is 0 Å². The Kier molecular flexibility index (Phi) is 8.18. The van der Waals surface area contributed by atoms with Gasteiger partial charge in [-0.2, -0.15) is 0 Å². The molecule has 0 saturated heterocycles. The van der Waals surface area contributed by atoms with Crippen molar-refractivity contribution >= 4 is 163 Å². The van der Waals surface area contributed by atoms with Crippen LogP contribution in [0.25, 0.3) is 106 Å². The number of furan rings is 3. The molecule has 0 unspecified atom stereocenters. The minimum Gasteiger partial charge on any atom is -0.456 e. The average Bonchev–Trinajstić information content (AvgIpc) is 4.20. The first-order chi connectivity index (χ1) is 34.0. The Bertz CT molecular complexity index is 4330. The first kappa shape index (κ1) is 38.7. The van der Waals surface area contributed by atoms with Crippen molar-refractivity contribution < 1.29 is 13.3 Å². The highest BCUT2D eigenvalue weighted by molar-refractivity contribution is 7.26. The molecule has 0 N–H and O–H groups in total. The van der Waals surface area contributed by atoms with E-state index >= 15 is 0 Å². The van der Waals surface area contributed by atoms with Crippen molar-refractivity contribution in [2.45, 2.75) is 13.8 Å². The molecule has 7 heteroatoms. The third-order valence-electron chi connectivity index (χ3n) is 14.1. The number of para-hydroxylation sites is 2. The molecule has 0 aliphatic carbocycles. The Morgan fingerprint density at radius 2 is 0.638 bits per heavy atom. The number of rotatable bonds is 6. The zero-order chi connectivity index (χ0) is 45.5. The lowest BCUT2D eigenvalue weighted by molar-refractivity contribution is 0.662. The number of benzene rings is 10. The number of fused-ring (bicyclic) bond motifs is 15. The Labute approximate surface area is 402 Å². The first-order valence-corrected chi connectivity index (χ1v) is 24.8. The second-order valence-electron chi connectivity index (χ2n) is 18.1. The summed E-state index contributed by atoms with van der Waals surface area (Å²) in [7, 11) is 0. The van der Waals surface area contributed by atoms with Gasteiger partial charge < -0.3 is 23.1 Å². The number of thiophene rings is 2. The van der Waals surface area contributed by atoms with Crippen LogP contribution >= 0.6 is 22.7 Å². The summed E-state index contributed by atoms with van der Waals surface area (Å²) in [5.41, 5.74) is 13.9. The van der Waals surface area contributed by atoms with Crippen LogP contribution in [0.3, 0.4) is 0 Å². The lowest BCUT2D eigenvalue weighted by Gasteiger charge is -2.27. The van der Waals surface area contributed by atoms with Gasteiger partial charge in [-0.3, -0.25) is 0 Å². The van der Waals surface area contributed by atoms with Crippen molar-refractivity contribution in [3.8, 4) is 0 Å². The molecule has 5 nitrogen and oxygen atoms in total. The monoisotopic (exact) mass is 922 g/mol. The zero-order valence-electron chi connectivity index (χ0n) is 37.4. The number of hydrogen-bond donors (Lipinski definition) is 0. The fourth-order valence-electron chi connectivity index (χ4n) is 10.8. The number of aryl methyl sites for hydroxylation is 2. The quantitative estimate of drug-likeness (QED) is 0.166. The van der Waals surface area contributed by atoms with Crippen LogP contribution in [0.4, 0.5) is 34.1 Å². The molecule has 0 saturated carbocycles. The minimum atomic E-state index is 0.811. The number of nitrogens with zero attached hydrogens (tertiary/aromatic N) is 2. The van der Waals surface area contributed by atoms with Crippen molar-refractivity contribution in [2.75, 3.05) is 9.80 Å². The molecule has 0 radical (unpaired) electrons. The first-order valence-electron chi connectivity index (χ1n) is 23.2. The largest absolute Gasteiger partial charge is 0.456 e. The Morgan fingerprint density at radius 3 is 1.07 bits per heavy atom. The lowest BCUT2D eigenvalue weighted by atomic mass is 10.1. The summed E-state index contributed by atoms with van der Waals surface area (Å²) in [5, 5.41) is 11.2. The SMILES string of the molecule is Cc1ccccc1N(c1ccc2c(c1)oc1cc3c(cc12)oc1cc2c(cc13)oc1cc(N(c3ccccc3C)c3cccc4c3sc3ccccc34)ccc12)c1cccc2c1sc1ccccc12. The summed E-state index contributed by atoms with van der Waals surface area (Å²) in [5.74, 6) is 0. The highest BCUT2D eigenvalue weighted by atomic mass is 32.1. The summed E-state index contributed by atoms with van der Waals surface area (Å²) in [4.78, 5) is 4.76. The molecule has 15 aromatic rings. The van der Waals surface area contributed by atoms with Gasteiger partial charge in [-0.25, -0.2) is 0 Å².